The average molecular weight is 194 g/mol. The maximum absolute atomic E-state index is 5.64. The van der Waals surface area contributed by atoms with Crippen molar-refractivity contribution in [3.63, 3.8) is 0 Å². The first-order chi connectivity index (χ1) is 6.24. The Hall–Kier alpha value is -1.13. The van der Waals surface area contributed by atoms with Crippen molar-refractivity contribution in [1.29, 1.82) is 0 Å². The minimum Gasteiger partial charge on any atom is -0.399 e. The van der Waals surface area contributed by atoms with Crippen LogP contribution in [0.5, 0.6) is 0 Å². The molecule has 1 nitrogen and oxygen atoms in total. The monoisotopic (exact) mass is 193 g/mol. The number of nitrogen functional groups attached to an aromatic ring is 1. The number of hydrogen-bond acceptors (Lipinski definition) is 1. The lowest BCUT2D eigenvalue weighted by molar-refractivity contribution is 1.29. The number of benzene rings is 1. The van der Waals surface area contributed by atoms with Gasteiger partial charge in [0.05, 0.1) is 0 Å². The molecule has 0 aromatic heterocycles. The lowest BCUT2D eigenvalue weighted by Crippen LogP contribution is -1.88. The Morgan fingerprint density at radius 3 is 2.92 bits per heavy atom. The first kappa shape index (κ1) is 9.95. The van der Waals surface area contributed by atoms with Gasteiger partial charge >= 0.3 is 0 Å². The summed E-state index contributed by atoms with van der Waals surface area (Å²) in [5, 5.41) is 0. The van der Waals surface area contributed by atoms with E-state index in [1.54, 1.807) is 0 Å². The Kier molecular flexibility index (Phi) is 3.67. The highest BCUT2D eigenvalue weighted by atomic mass is 35.5. The standard InChI is InChI=1S/C11H12ClN/c1-9-5-6-11(13)8-10(9)4-2-3-7-12/h5-6,8H,3,7,13H2,1H3. The normalized spacial score (nSPS) is 9.08. The zero-order valence-electron chi connectivity index (χ0n) is 7.60. The van der Waals surface area contributed by atoms with Gasteiger partial charge in [-0.3, -0.25) is 0 Å². The molecule has 0 fully saturated rings. The fourth-order valence-corrected chi connectivity index (χ4v) is 1.07. The molecule has 0 unspecified atom stereocenters. The maximum atomic E-state index is 5.64. The van der Waals surface area contributed by atoms with Crippen LogP contribution in [0.25, 0.3) is 0 Å². The van der Waals surface area contributed by atoms with E-state index in [0.717, 1.165) is 23.2 Å². The molecule has 13 heavy (non-hydrogen) atoms. The summed E-state index contributed by atoms with van der Waals surface area (Å²) in [6.07, 6.45) is 0.718. The van der Waals surface area contributed by atoms with Crippen LogP contribution in [0.15, 0.2) is 18.2 Å². The molecule has 2 heteroatoms. The number of hydrogen-bond donors (Lipinski definition) is 1. The van der Waals surface area contributed by atoms with Gasteiger partial charge in [0.25, 0.3) is 0 Å². The topological polar surface area (TPSA) is 26.0 Å². The number of halogens is 1. The van der Waals surface area contributed by atoms with Crippen molar-refractivity contribution in [2.75, 3.05) is 11.6 Å². The van der Waals surface area contributed by atoms with Crippen LogP contribution in [0.2, 0.25) is 0 Å². The Morgan fingerprint density at radius 2 is 2.23 bits per heavy atom. The summed E-state index contributed by atoms with van der Waals surface area (Å²) in [6, 6.07) is 5.73. The minimum atomic E-state index is 0.578. The van der Waals surface area contributed by atoms with Crippen LogP contribution < -0.4 is 5.73 Å². The third-order valence-electron chi connectivity index (χ3n) is 1.70. The van der Waals surface area contributed by atoms with Crippen LogP contribution in [0, 0.1) is 18.8 Å². The molecule has 1 aromatic carbocycles. The summed E-state index contributed by atoms with van der Waals surface area (Å²) in [6.45, 7) is 2.02. The van der Waals surface area contributed by atoms with Crippen molar-refractivity contribution in [3.8, 4) is 11.8 Å². The summed E-state index contributed by atoms with van der Waals surface area (Å²) in [4.78, 5) is 0. The second-order valence-corrected chi connectivity index (χ2v) is 3.19. The van der Waals surface area contributed by atoms with Gasteiger partial charge in [0.1, 0.15) is 0 Å². The van der Waals surface area contributed by atoms with Crippen LogP contribution in [0.1, 0.15) is 17.5 Å². The molecule has 2 N–H and O–H groups in total. The van der Waals surface area contributed by atoms with E-state index in [1.807, 2.05) is 25.1 Å². The number of aryl methyl sites for hydroxylation is 1. The molecular weight excluding hydrogens is 182 g/mol. The molecule has 1 rings (SSSR count). The number of anilines is 1. The van der Waals surface area contributed by atoms with E-state index in [9.17, 15) is 0 Å². The van der Waals surface area contributed by atoms with E-state index in [4.69, 9.17) is 17.3 Å². The van der Waals surface area contributed by atoms with Crippen molar-refractivity contribution in [3.05, 3.63) is 29.3 Å². The van der Waals surface area contributed by atoms with E-state index in [0.29, 0.717) is 5.88 Å². The predicted molar refractivity (Wildman–Crippen MR) is 57.8 cm³/mol. The number of nitrogens with two attached hydrogens (primary N) is 1. The van der Waals surface area contributed by atoms with Gasteiger partial charge in [-0.2, -0.15) is 0 Å². The van der Waals surface area contributed by atoms with Crippen LogP contribution in [0.4, 0.5) is 5.69 Å². The average Bonchev–Trinajstić information content (AvgIpc) is 2.11. The summed E-state index contributed by atoms with van der Waals surface area (Å²) in [5.74, 6) is 6.60. The van der Waals surface area contributed by atoms with E-state index in [-0.39, 0.29) is 0 Å². The Morgan fingerprint density at radius 1 is 1.46 bits per heavy atom. The van der Waals surface area contributed by atoms with Crippen molar-refractivity contribution in [2.45, 2.75) is 13.3 Å². The summed E-state index contributed by atoms with van der Waals surface area (Å²) < 4.78 is 0. The quantitative estimate of drug-likeness (QED) is 0.414. The molecule has 1 aromatic rings. The Bertz CT molecular complexity index is 347. The smallest absolute Gasteiger partial charge is 0.0333 e. The first-order valence-electron chi connectivity index (χ1n) is 4.15. The van der Waals surface area contributed by atoms with Gasteiger partial charge < -0.3 is 5.73 Å². The van der Waals surface area contributed by atoms with Gasteiger partial charge in [-0.15, -0.1) is 11.6 Å². The SMILES string of the molecule is Cc1ccc(N)cc1C#CCCCl. The fraction of sp³-hybridized carbons (Fsp3) is 0.273. The van der Waals surface area contributed by atoms with E-state index in [2.05, 4.69) is 11.8 Å². The number of rotatable bonds is 1. The maximum Gasteiger partial charge on any atom is 0.0333 e. The van der Waals surface area contributed by atoms with Crippen molar-refractivity contribution < 1.29 is 0 Å². The van der Waals surface area contributed by atoms with Gasteiger partial charge in [-0.05, 0) is 24.6 Å². The van der Waals surface area contributed by atoms with E-state index >= 15 is 0 Å². The highest BCUT2D eigenvalue weighted by Crippen LogP contribution is 2.10. The predicted octanol–water partition coefficient (Wildman–Crippen LogP) is 2.56. The van der Waals surface area contributed by atoms with E-state index in [1.165, 1.54) is 0 Å². The van der Waals surface area contributed by atoms with Crippen LogP contribution >= 0.6 is 11.6 Å². The zero-order valence-corrected chi connectivity index (χ0v) is 8.36. The largest absolute Gasteiger partial charge is 0.399 e. The van der Waals surface area contributed by atoms with Crippen LogP contribution in [-0.2, 0) is 0 Å². The van der Waals surface area contributed by atoms with Gasteiger partial charge in [-0.1, -0.05) is 17.9 Å². The van der Waals surface area contributed by atoms with Gasteiger partial charge in [0.15, 0.2) is 0 Å². The molecule has 0 aliphatic heterocycles. The van der Waals surface area contributed by atoms with Crippen molar-refractivity contribution in [1.82, 2.24) is 0 Å². The molecule has 0 saturated heterocycles. The zero-order chi connectivity index (χ0) is 9.68. The molecule has 0 aliphatic carbocycles. The van der Waals surface area contributed by atoms with Gasteiger partial charge in [0, 0.05) is 23.6 Å². The Balaban J connectivity index is 2.89. The number of alkyl halides is 1. The highest BCUT2D eigenvalue weighted by molar-refractivity contribution is 6.18. The lowest BCUT2D eigenvalue weighted by atomic mass is 10.1. The van der Waals surface area contributed by atoms with Crippen LogP contribution in [0.3, 0.4) is 0 Å². The minimum absolute atomic E-state index is 0.578. The van der Waals surface area contributed by atoms with Crippen molar-refractivity contribution in [2.24, 2.45) is 0 Å². The fourth-order valence-electron chi connectivity index (χ4n) is 0.979. The third-order valence-corrected chi connectivity index (χ3v) is 1.89. The highest BCUT2D eigenvalue weighted by Gasteiger charge is 1.93. The summed E-state index contributed by atoms with van der Waals surface area (Å²) >= 11 is 5.51. The lowest BCUT2D eigenvalue weighted by Gasteiger charge is -1.98. The molecule has 0 spiro atoms. The summed E-state index contributed by atoms with van der Waals surface area (Å²) in [7, 11) is 0. The Labute approximate surface area is 83.9 Å². The van der Waals surface area contributed by atoms with Gasteiger partial charge in [-0.25, -0.2) is 0 Å². The molecule has 0 amide bonds. The van der Waals surface area contributed by atoms with Gasteiger partial charge in [0.2, 0.25) is 0 Å². The van der Waals surface area contributed by atoms with Crippen molar-refractivity contribution >= 4 is 17.3 Å². The van der Waals surface area contributed by atoms with Crippen LogP contribution in [-0.4, -0.2) is 5.88 Å². The second-order valence-electron chi connectivity index (χ2n) is 2.82. The molecule has 0 atom stereocenters. The first-order valence-corrected chi connectivity index (χ1v) is 4.68. The molecule has 0 aliphatic rings. The molecule has 0 bridgehead atoms. The third kappa shape index (κ3) is 3.01. The molecule has 68 valence electrons. The summed E-state index contributed by atoms with van der Waals surface area (Å²) in [5.41, 5.74) is 8.53. The molecule has 0 heterocycles. The van der Waals surface area contributed by atoms with E-state index < -0.39 is 0 Å². The second kappa shape index (κ2) is 4.79. The molecule has 0 radical (unpaired) electrons. The molecule has 0 saturated carbocycles. The molecular formula is C11H12ClN.